The van der Waals surface area contributed by atoms with Crippen LogP contribution in [0.15, 0.2) is 24.5 Å². The fourth-order valence-corrected chi connectivity index (χ4v) is 2.31. The Kier molecular flexibility index (Phi) is 3.36. The molecule has 0 radical (unpaired) electrons. The van der Waals surface area contributed by atoms with Crippen LogP contribution in [0.1, 0.15) is 22.5 Å². The van der Waals surface area contributed by atoms with Crippen LogP contribution < -0.4 is 0 Å². The standard InChI is InChI=1S/C14H14ClN5/c1-9-10(2)14-18-17-12(20(14)19-13(9)15)6-5-11-4-3-7-16-8-11/h3-4,7-8H,5-6H2,1-2H3. The molecule has 20 heavy (non-hydrogen) atoms. The number of fused-ring (bicyclic) bond motifs is 1. The summed E-state index contributed by atoms with van der Waals surface area (Å²) in [7, 11) is 0. The summed E-state index contributed by atoms with van der Waals surface area (Å²) in [5.41, 5.74) is 3.91. The molecule has 0 unspecified atom stereocenters. The minimum Gasteiger partial charge on any atom is -0.264 e. The third kappa shape index (κ3) is 2.25. The third-order valence-electron chi connectivity index (χ3n) is 3.46. The summed E-state index contributed by atoms with van der Waals surface area (Å²) < 4.78 is 1.74. The number of nitrogens with zero attached hydrogens (tertiary/aromatic N) is 5. The number of rotatable bonds is 3. The predicted octanol–water partition coefficient (Wildman–Crippen LogP) is 2.57. The van der Waals surface area contributed by atoms with Crippen molar-refractivity contribution in [2.45, 2.75) is 26.7 Å². The Hall–Kier alpha value is -2.01. The van der Waals surface area contributed by atoms with E-state index in [4.69, 9.17) is 11.6 Å². The average molecular weight is 288 g/mol. The second kappa shape index (κ2) is 5.17. The van der Waals surface area contributed by atoms with Gasteiger partial charge in [0.25, 0.3) is 0 Å². The SMILES string of the molecule is Cc1c(Cl)nn2c(CCc3cccnc3)nnc2c1C. The number of aryl methyl sites for hydroxylation is 3. The van der Waals surface area contributed by atoms with Crippen LogP contribution in [0.2, 0.25) is 5.15 Å². The molecule has 0 atom stereocenters. The maximum Gasteiger partial charge on any atom is 0.181 e. The highest BCUT2D eigenvalue weighted by molar-refractivity contribution is 6.30. The van der Waals surface area contributed by atoms with Crippen LogP contribution in [0.25, 0.3) is 5.65 Å². The van der Waals surface area contributed by atoms with Gasteiger partial charge in [-0.25, -0.2) is 0 Å². The molecule has 0 aliphatic carbocycles. The molecule has 3 aromatic heterocycles. The van der Waals surface area contributed by atoms with Crippen molar-refractivity contribution < 1.29 is 0 Å². The number of hydrogen-bond acceptors (Lipinski definition) is 4. The maximum atomic E-state index is 6.14. The topological polar surface area (TPSA) is 56.0 Å². The van der Waals surface area contributed by atoms with Crippen molar-refractivity contribution in [3.05, 3.63) is 52.2 Å². The van der Waals surface area contributed by atoms with E-state index in [1.54, 1.807) is 10.7 Å². The molecule has 3 heterocycles. The number of hydrogen-bond donors (Lipinski definition) is 0. The van der Waals surface area contributed by atoms with E-state index in [0.717, 1.165) is 35.4 Å². The molecule has 0 aliphatic rings. The van der Waals surface area contributed by atoms with Gasteiger partial charge in [0.2, 0.25) is 0 Å². The van der Waals surface area contributed by atoms with E-state index in [9.17, 15) is 0 Å². The Bertz CT molecular complexity index is 751. The minimum atomic E-state index is 0.498. The average Bonchev–Trinajstić information content (AvgIpc) is 2.87. The molecule has 3 aromatic rings. The van der Waals surface area contributed by atoms with Crippen LogP contribution in [0.3, 0.4) is 0 Å². The Morgan fingerprint density at radius 1 is 1.15 bits per heavy atom. The molecule has 0 bridgehead atoms. The van der Waals surface area contributed by atoms with Crippen LogP contribution in [-0.4, -0.2) is 24.8 Å². The van der Waals surface area contributed by atoms with E-state index >= 15 is 0 Å². The van der Waals surface area contributed by atoms with Gasteiger partial charge in [-0.3, -0.25) is 4.98 Å². The van der Waals surface area contributed by atoms with Gasteiger partial charge in [0.1, 0.15) is 0 Å². The van der Waals surface area contributed by atoms with Crippen LogP contribution in [-0.2, 0) is 12.8 Å². The third-order valence-corrected chi connectivity index (χ3v) is 3.82. The lowest BCUT2D eigenvalue weighted by atomic mass is 10.1. The summed E-state index contributed by atoms with van der Waals surface area (Å²) in [6.45, 7) is 3.92. The smallest absolute Gasteiger partial charge is 0.181 e. The molecule has 102 valence electrons. The molecule has 0 saturated carbocycles. The molecule has 3 rings (SSSR count). The van der Waals surface area contributed by atoms with Crippen molar-refractivity contribution in [2.24, 2.45) is 0 Å². The Balaban J connectivity index is 1.93. The molecule has 0 saturated heterocycles. The van der Waals surface area contributed by atoms with E-state index in [1.165, 1.54) is 5.56 Å². The summed E-state index contributed by atoms with van der Waals surface area (Å²) >= 11 is 6.14. The summed E-state index contributed by atoms with van der Waals surface area (Å²) in [6, 6.07) is 3.98. The first-order valence-corrected chi connectivity index (χ1v) is 6.80. The van der Waals surface area contributed by atoms with Crippen molar-refractivity contribution in [3.63, 3.8) is 0 Å². The first kappa shape index (κ1) is 13.0. The van der Waals surface area contributed by atoms with E-state index in [0.29, 0.717) is 5.15 Å². The van der Waals surface area contributed by atoms with Gasteiger partial charge in [0.05, 0.1) is 0 Å². The number of pyridine rings is 1. The van der Waals surface area contributed by atoms with Crippen LogP contribution in [0, 0.1) is 13.8 Å². The largest absolute Gasteiger partial charge is 0.264 e. The first-order valence-electron chi connectivity index (χ1n) is 6.42. The first-order chi connectivity index (χ1) is 9.66. The Labute approximate surface area is 121 Å². The monoisotopic (exact) mass is 287 g/mol. The van der Waals surface area contributed by atoms with E-state index in [-0.39, 0.29) is 0 Å². The van der Waals surface area contributed by atoms with E-state index < -0.39 is 0 Å². The van der Waals surface area contributed by atoms with Gasteiger partial charge >= 0.3 is 0 Å². The van der Waals surface area contributed by atoms with Crippen molar-refractivity contribution >= 4 is 17.2 Å². The summed E-state index contributed by atoms with van der Waals surface area (Å²) in [5.74, 6) is 0.814. The lowest BCUT2D eigenvalue weighted by molar-refractivity contribution is 0.779. The van der Waals surface area contributed by atoms with Gasteiger partial charge in [-0.2, -0.15) is 9.61 Å². The molecular formula is C14H14ClN5. The molecule has 0 fully saturated rings. The Morgan fingerprint density at radius 3 is 2.75 bits per heavy atom. The van der Waals surface area contributed by atoms with Gasteiger partial charge in [-0.1, -0.05) is 17.7 Å². The number of aromatic nitrogens is 5. The van der Waals surface area contributed by atoms with Crippen LogP contribution in [0.4, 0.5) is 0 Å². The Morgan fingerprint density at radius 2 is 2.00 bits per heavy atom. The zero-order chi connectivity index (χ0) is 14.1. The van der Waals surface area contributed by atoms with Gasteiger partial charge in [0.15, 0.2) is 16.6 Å². The minimum absolute atomic E-state index is 0.498. The molecule has 0 amide bonds. The molecule has 0 aliphatic heterocycles. The normalized spacial score (nSPS) is 11.2. The highest BCUT2D eigenvalue weighted by atomic mass is 35.5. The van der Waals surface area contributed by atoms with Crippen molar-refractivity contribution in [1.29, 1.82) is 0 Å². The second-order valence-electron chi connectivity index (χ2n) is 4.75. The molecule has 0 N–H and O–H groups in total. The number of halogens is 1. The highest BCUT2D eigenvalue weighted by Gasteiger charge is 2.13. The quantitative estimate of drug-likeness (QED) is 0.743. The molecule has 6 heteroatoms. The maximum absolute atomic E-state index is 6.14. The van der Waals surface area contributed by atoms with Crippen molar-refractivity contribution in [1.82, 2.24) is 24.8 Å². The van der Waals surface area contributed by atoms with Crippen LogP contribution >= 0.6 is 11.6 Å². The van der Waals surface area contributed by atoms with Gasteiger partial charge < -0.3 is 0 Å². The highest BCUT2D eigenvalue weighted by Crippen LogP contribution is 2.20. The summed E-state index contributed by atoms with van der Waals surface area (Å²) in [5, 5.41) is 13.3. The lowest BCUT2D eigenvalue weighted by Crippen LogP contribution is -2.04. The van der Waals surface area contributed by atoms with E-state index in [1.807, 2.05) is 32.2 Å². The van der Waals surface area contributed by atoms with E-state index in [2.05, 4.69) is 20.3 Å². The fraction of sp³-hybridized carbons (Fsp3) is 0.286. The lowest BCUT2D eigenvalue weighted by Gasteiger charge is -2.05. The predicted molar refractivity (Wildman–Crippen MR) is 76.9 cm³/mol. The molecule has 0 spiro atoms. The zero-order valence-corrected chi connectivity index (χ0v) is 12.1. The van der Waals surface area contributed by atoms with Crippen molar-refractivity contribution in [3.8, 4) is 0 Å². The van der Waals surface area contributed by atoms with Gasteiger partial charge in [-0.15, -0.1) is 10.2 Å². The van der Waals surface area contributed by atoms with Crippen LogP contribution in [0.5, 0.6) is 0 Å². The van der Waals surface area contributed by atoms with Gasteiger partial charge in [-0.05, 0) is 37.5 Å². The summed E-state index contributed by atoms with van der Waals surface area (Å²) in [4.78, 5) is 4.11. The molecule has 0 aromatic carbocycles. The van der Waals surface area contributed by atoms with Gasteiger partial charge in [0, 0.05) is 24.4 Å². The second-order valence-corrected chi connectivity index (χ2v) is 5.11. The molecule has 5 nitrogen and oxygen atoms in total. The molecular weight excluding hydrogens is 274 g/mol. The summed E-state index contributed by atoms with van der Waals surface area (Å²) in [6.07, 6.45) is 5.22. The van der Waals surface area contributed by atoms with Crippen molar-refractivity contribution in [2.75, 3.05) is 0 Å². The zero-order valence-electron chi connectivity index (χ0n) is 11.3. The fourth-order valence-electron chi connectivity index (χ4n) is 2.09.